The van der Waals surface area contributed by atoms with Crippen molar-refractivity contribution in [1.82, 2.24) is 10.6 Å². The number of carbonyl (C=O) groups excluding carboxylic acids is 1. The normalized spacial score (nSPS) is 11.3. The second kappa shape index (κ2) is 10.5. The van der Waals surface area contributed by atoms with Gasteiger partial charge in [0.2, 0.25) is 5.91 Å². The van der Waals surface area contributed by atoms with Crippen LogP contribution < -0.4 is 15.4 Å². The standard InChI is InChI=1S/C15H24N2O2.ClH/c1-4-19-14-8-5-7-13(11-14)12(2)17-15(18)9-6-10-16-3;/h5,7-8,11-12,16H,4,6,9-10H2,1-3H3,(H,17,18);1H. The lowest BCUT2D eigenvalue weighted by Gasteiger charge is -2.15. The van der Waals surface area contributed by atoms with Gasteiger partial charge in [-0.2, -0.15) is 0 Å². The van der Waals surface area contributed by atoms with Crippen LogP contribution in [0.15, 0.2) is 24.3 Å². The van der Waals surface area contributed by atoms with Crippen molar-refractivity contribution < 1.29 is 9.53 Å². The molecule has 0 fully saturated rings. The molecular formula is C15H25ClN2O2. The number of carbonyl (C=O) groups is 1. The summed E-state index contributed by atoms with van der Waals surface area (Å²) in [5.74, 6) is 0.931. The lowest BCUT2D eigenvalue weighted by molar-refractivity contribution is -0.121. The monoisotopic (exact) mass is 300 g/mol. The van der Waals surface area contributed by atoms with Gasteiger partial charge in [0.25, 0.3) is 0 Å². The Hall–Kier alpha value is -1.26. The fourth-order valence-corrected chi connectivity index (χ4v) is 1.86. The van der Waals surface area contributed by atoms with Gasteiger partial charge < -0.3 is 15.4 Å². The number of rotatable bonds is 8. The molecule has 5 heteroatoms. The van der Waals surface area contributed by atoms with Gasteiger partial charge in [0.05, 0.1) is 12.6 Å². The predicted octanol–water partition coefficient (Wildman–Crippen LogP) is 2.68. The maximum Gasteiger partial charge on any atom is 0.220 e. The van der Waals surface area contributed by atoms with Gasteiger partial charge in [-0.1, -0.05) is 12.1 Å². The van der Waals surface area contributed by atoms with E-state index in [0.29, 0.717) is 13.0 Å². The molecule has 1 unspecified atom stereocenters. The van der Waals surface area contributed by atoms with Crippen LogP contribution in [0.3, 0.4) is 0 Å². The van der Waals surface area contributed by atoms with Crippen molar-refractivity contribution in [2.24, 2.45) is 0 Å². The maximum atomic E-state index is 11.7. The minimum absolute atomic E-state index is 0. The molecule has 0 spiro atoms. The van der Waals surface area contributed by atoms with E-state index in [1.165, 1.54) is 0 Å². The Balaban J connectivity index is 0.00000361. The molecule has 0 bridgehead atoms. The van der Waals surface area contributed by atoms with Crippen molar-refractivity contribution in [2.75, 3.05) is 20.2 Å². The number of hydrogen-bond acceptors (Lipinski definition) is 3. The van der Waals surface area contributed by atoms with Crippen molar-refractivity contribution in [1.29, 1.82) is 0 Å². The molecule has 0 heterocycles. The predicted molar refractivity (Wildman–Crippen MR) is 84.6 cm³/mol. The van der Waals surface area contributed by atoms with Crippen LogP contribution in [0.1, 0.15) is 38.3 Å². The van der Waals surface area contributed by atoms with E-state index in [0.717, 1.165) is 24.3 Å². The SMILES string of the molecule is CCOc1cccc(C(C)NC(=O)CCCNC)c1.Cl. The van der Waals surface area contributed by atoms with Gasteiger partial charge >= 0.3 is 0 Å². The molecular weight excluding hydrogens is 276 g/mol. The lowest BCUT2D eigenvalue weighted by atomic mass is 10.1. The van der Waals surface area contributed by atoms with Crippen LogP contribution in [0.25, 0.3) is 0 Å². The molecule has 0 aromatic heterocycles. The van der Waals surface area contributed by atoms with Crippen molar-refractivity contribution in [3.05, 3.63) is 29.8 Å². The molecule has 1 aromatic rings. The minimum atomic E-state index is 0. The Bertz CT molecular complexity index is 399. The van der Waals surface area contributed by atoms with Gasteiger partial charge in [0, 0.05) is 6.42 Å². The van der Waals surface area contributed by atoms with Gasteiger partial charge in [-0.3, -0.25) is 4.79 Å². The van der Waals surface area contributed by atoms with Crippen LogP contribution in [-0.2, 0) is 4.79 Å². The summed E-state index contributed by atoms with van der Waals surface area (Å²) < 4.78 is 5.46. The molecule has 0 aliphatic carbocycles. The Kier molecular flexibility index (Phi) is 9.86. The summed E-state index contributed by atoms with van der Waals surface area (Å²) in [4.78, 5) is 11.7. The van der Waals surface area contributed by atoms with Crippen LogP contribution in [-0.4, -0.2) is 26.1 Å². The number of nitrogens with one attached hydrogen (secondary N) is 2. The first-order valence-electron chi connectivity index (χ1n) is 6.84. The second-order valence-electron chi connectivity index (χ2n) is 4.50. The first-order valence-corrected chi connectivity index (χ1v) is 6.84. The van der Waals surface area contributed by atoms with E-state index in [1.54, 1.807) is 0 Å². The number of ether oxygens (including phenoxy) is 1. The number of halogens is 1. The highest BCUT2D eigenvalue weighted by Crippen LogP contribution is 2.19. The number of hydrogen-bond donors (Lipinski definition) is 2. The minimum Gasteiger partial charge on any atom is -0.494 e. The lowest BCUT2D eigenvalue weighted by Crippen LogP contribution is -2.27. The van der Waals surface area contributed by atoms with Gasteiger partial charge in [0.1, 0.15) is 5.75 Å². The summed E-state index contributed by atoms with van der Waals surface area (Å²) in [7, 11) is 1.89. The summed E-state index contributed by atoms with van der Waals surface area (Å²) in [6.45, 7) is 5.45. The maximum absolute atomic E-state index is 11.7. The largest absolute Gasteiger partial charge is 0.494 e. The molecule has 0 saturated heterocycles. The summed E-state index contributed by atoms with van der Waals surface area (Å²) in [5, 5.41) is 6.04. The third-order valence-electron chi connectivity index (χ3n) is 2.88. The van der Waals surface area contributed by atoms with Crippen LogP contribution in [0.4, 0.5) is 0 Å². The zero-order valence-electron chi connectivity index (χ0n) is 12.4. The van der Waals surface area contributed by atoms with Crippen molar-refractivity contribution >= 4 is 18.3 Å². The number of amides is 1. The zero-order valence-corrected chi connectivity index (χ0v) is 13.3. The molecule has 114 valence electrons. The Morgan fingerprint density at radius 1 is 1.40 bits per heavy atom. The van der Waals surface area contributed by atoms with E-state index in [-0.39, 0.29) is 24.4 Å². The van der Waals surface area contributed by atoms with E-state index >= 15 is 0 Å². The zero-order chi connectivity index (χ0) is 14.1. The molecule has 0 aliphatic rings. The van der Waals surface area contributed by atoms with E-state index in [9.17, 15) is 4.79 Å². The molecule has 1 atom stereocenters. The Labute approximate surface area is 127 Å². The van der Waals surface area contributed by atoms with Crippen LogP contribution in [0.2, 0.25) is 0 Å². The highest BCUT2D eigenvalue weighted by molar-refractivity contribution is 5.85. The molecule has 0 aliphatic heterocycles. The van der Waals surface area contributed by atoms with E-state index in [4.69, 9.17) is 4.74 Å². The van der Waals surface area contributed by atoms with E-state index in [2.05, 4.69) is 10.6 Å². The third kappa shape index (κ3) is 6.78. The molecule has 1 rings (SSSR count). The first kappa shape index (κ1) is 18.7. The van der Waals surface area contributed by atoms with Gasteiger partial charge in [-0.25, -0.2) is 0 Å². The van der Waals surface area contributed by atoms with Crippen molar-refractivity contribution in [3.63, 3.8) is 0 Å². The molecule has 20 heavy (non-hydrogen) atoms. The Morgan fingerprint density at radius 3 is 2.80 bits per heavy atom. The summed E-state index contributed by atoms with van der Waals surface area (Å²) in [6.07, 6.45) is 1.41. The summed E-state index contributed by atoms with van der Waals surface area (Å²) in [6, 6.07) is 7.85. The highest BCUT2D eigenvalue weighted by atomic mass is 35.5. The molecule has 1 amide bonds. The van der Waals surface area contributed by atoms with Crippen LogP contribution in [0, 0.1) is 0 Å². The fourth-order valence-electron chi connectivity index (χ4n) is 1.86. The molecule has 1 aromatic carbocycles. The van der Waals surface area contributed by atoms with Gasteiger partial charge in [0.15, 0.2) is 0 Å². The average molecular weight is 301 g/mol. The topological polar surface area (TPSA) is 50.4 Å². The van der Waals surface area contributed by atoms with E-state index < -0.39 is 0 Å². The average Bonchev–Trinajstić information content (AvgIpc) is 2.39. The summed E-state index contributed by atoms with van der Waals surface area (Å²) >= 11 is 0. The molecule has 2 N–H and O–H groups in total. The van der Waals surface area contributed by atoms with E-state index in [1.807, 2.05) is 45.2 Å². The smallest absolute Gasteiger partial charge is 0.220 e. The van der Waals surface area contributed by atoms with Crippen molar-refractivity contribution in [3.8, 4) is 5.75 Å². The quantitative estimate of drug-likeness (QED) is 0.726. The van der Waals surface area contributed by atoms with Gasteiger partial charge in [-0.15, -0.1) is 12.4 Å². The Morgan fingerprint density at radius 2 is 2.15 bits per heavy atom. The van der Waals surface area contributed by atoms with Crippen LogP contribution in [0.5, 0.6) is 5.75 Å². The fraction of sp³-hybridized carbons (Fsp3) is 0.533. The second-order valence-corrected chi connectivity index (χ2v) is 4.50. The molecule has 0 saturated carbocycles. The third-order valence-corrected chi connectivity index (χ3v) is 2.88. The van der Waals surface area contributed by atoms with Crippen molar-refractivity contribution in [2.45, 2.75) is 32.7 Å². The van der Waals surface area contributed by atoms with Crippen LogP contribution >= 0.6 is 12.4 Å². The first-order chi connectivity index (χ1) is 9.17. The number of benzene rings is 1. The highest BCUT2D eigenvalue weighted by Gasteiger charge is 2.09. The van der Waals surface area contributed by atoms with Gasteiger partial charge in [-0.05, 0) is 51.6 Å². The summed E-state index contributed by atoms with van der Waals surface area (Å²) in [5.41, 5.74) is 1.06. The molecule has 0 radical (unpaired) electrons. The molecule has 4 nitrogen and oxygen atoms in total.